The number of carboxylic acids is 1. The number of esters is 2. The van der Waals surface area contributed by atoms with E-state index in [2.05, 4.69) is 10.1 Å². The normalized spacial score (nSPS) is 11.5. The Kier molecular flexibility index (Phi) is 6.90. The van der Waals surface area contributed by atoms with Crippen molar-refractivity contribution in [2.75, 3.05) is 13.7 Å². The molecule has 1 aromatic carbocycles. The van der Waals surface area contributed by atoms with Crippen LogP contribution in [0.25, 0.3) is 0 Å². The van der Waals surface area contributed by atoms with E-state index in [0.29, 0.717) is 0 Å². The molecular weight excluding hydrogens is 278 g/mol. The molecule has 0 aliphatic rings. The topological polar surface area (TPSA) is 102 Å². The average molecular weight is 295 g/mol. The first kappa shape index (κ1) is 16.6. The third-order valence-electron chi connectivity index (χ3n) is 2.63. The molecule has 0 bridgehead atoms. The third-order valence-corrected chi connectivity index (χ3v) is 2.63. The molecule has 0 aliphatic heterocycles. The number of nitrogens with one attached hydrogen (secondary N) is 1. The van der Waals surface area contributed by atoms with Gasteiger partial charge in [0.25, 0.3) is 0 Å². The number of methoxy groups -OCH3 is 1. The highest BCUT2D eigenvalue weighted by molar-refractivity contribution is 5.82. The molecule has 0 fully saturated rings. The van der Waals surface area contributed by atoms with Gasteiger partial charge in [0.05, 0.1) is 20.1 Å². The van der Waals surface area contributed by atoms with E-state index in [1.165, 1.54) is 0 Å². The first-order valence-electron chi connectivity index (χ1n) is 6.25. The van der Waals surface area contributed by atoms with Crippen molar-refractivity contribution in [3.05, 3.63) is 35.9 Å². The van der Waals surface area contributed by atoms with E-state index in [4.69, 9.17) is 9.84 Å². The van der Waals surface area contributed by atoms with Crippen molar-refractivity contribution in [3.8, 4) is 0 Å². The van der Waals surface area contributed by atoms with Crippen LogP contribution in [0.1, 0.15) is 12.0 Å². The molecule has 2 N–H and O–H groups in total. The van der Waals surface area contributed by atoms with Crippen molar-refractivity contribution >= 4 is 17.9 Å². The number of aliphatic carboxylic acids is 1. The molecule has 1 atom stereocenters. The average Bonchev–Trinajstić information content (AvgIpc) is 2.49. The van der Waals surface area contributed by atoms with E-state index in [1.807, 2.05) is 18.2 Å². The van der Waals surface area contributed by atoms with Crippen LogP contribution in [-0.2, 0) is 30.5 Å². The van der Waals surface area contributed by atoms with Gasteiger partial charge >= 0.3 is 17.9 Å². The molecule has 0 spiro atoms. The minimum atomic E-state index is -1.24. The summed E-state index contributed by atoms with van der Waals surface area (Å²) in [5.74, 6) is -2.52. The van der Waals surface area contributed by atoms with Crippen molar-refractivity contribution in [1.29, 1.82) is 0 Å². The second-order valence-electron chi connectivity index (χ2n) is 4.20. The van der Waals surface area contributed by atoms with Gasteiger partial charge in [-0.2, -0.15) is 0 Å². The summed E-state index contributed by atoms with van der Waals surface area (Å²) >= 11 is 0. The summed E-state index contributed by atoms with van der Waals surface area (Å²) in [6.45, 7) is -0.198. The standard InChI is InChI=1S/C14H17NO6/c1-20-12(16)7-11(14(18)19)15-8-13(17)21-9-10-5-3-2-4-6-10/h2-6,11,15H,7-9H2,1H3,(H,18,19)/t11-/m0/s1. The summed E-state index contributed by atoms with van der Waals surface area (Å²) in [4.78, 5) is 33.5. The molecule has 7 heteroatoms. The Balaban J connectivity index is 2.36. The van der Waals surface area contributed by atoms with Gasteiger partial charge in [-0.1, -0.05) is 30.3 Å². The lowest BCUT2D eigenvalue weighted by molar-refractivity contribution is -0.149. The SMILES string of the molecule is COC(=O)C[C@H](NCC(=O)OCc1ccccc1)C(=O)O. The Labute approximate surface area is 121 Å². The lowest BCUT2D eigenvalue weighted by Gasteiger charge is -2.12. The van der Waals surface area contributed by atoms with Gasteiger partial charge in [-0.15, -0.1) is 0 Å². The highest BCUT2D eigenvalue weighted by atomic mass is 16.5. The van der Waals surface area contributed by atoms with Crippen LogP contribution in [0.3, 0.4) is 0 Å². The van der Waals surface area contributed by atoms with Gasteiger partial charge in [0.2, 0.25) is 0 Å². The van der Waals surface area contributed by atoms with Crippen molar-refractivity contribution in [2.45, 2.75) is 19.1 Å². The molecular formula is C14H17NO6. The number of rotatable bonds is 8. The zero-order chi connectivity index (χ0) is 15.7. The first-order valence-corrected chi connectivity index (χ1v) is 6.25. The van der Waals surface area contributed by atoms with Gasteiger partial charge in [0.15, 0.2) is 0 Å². The summed E-state index contributed by atoms with van der Waals surface area (Å²) in [6.07, 6.45) is -0.363. The lowest BCUT2D eigenvalue weighted by Crippen LogP contribution is -2.41. The van der Waals surface area contributed by atoms with Gasteiger partial charge in [-0.25, -0.2) is 0 Å². The van der Waals surface area contributed by atoms with Crippen LogP contribution in [0.5, 0.6) is 0 Å². The highest BCUT2D eigenvalue weighted by Crippen LogP contribution is 2.01. The van der Waals surface area contributed by atoms with Crippen LogP contribution in [0.15, 0.2) is 30.3 Å². The van der Waals surface area contributed by atoms with Gasteiger partial charge in [-0.05, 0) is 5.56 Å². The molecule has 0 aromatic heterocycles. The first-order chi connectivity index (χ1) is 10.0. The minimum absolute atomic E-state index is 0.107. The van der Waals surface area contributed by atoms with E-state index in [1.54, 1.807) is 12.1 Å². The minimum Gasteiger partial charge on any atom is -0.480 e. The summed E-state index contributed by atoms with van der Waals surface area (Å²) in [6, 6.07) is 7.89. The van der Waals surface area contributed by atoms with E-state index in [-0.39, 0.29) is 19.6 Å². The van der Waals surface area contributed by atoms with Crippen LogP contribution in [0.2, 0.25) is 0 Å². The fourth-order valence-electron chi connectivity index (χ4n) is 1.49. The van der Waals surface area contributed by atoms with E-state index >= 15 is 0 Å². The van der Waals surface area contributed by atoms with Gasteiger partial charge in [0, 0.05) is 0 Å². The van der Waals surface area contributed by atoms with Crippen molar-refractivity contribution < 1.29 is 29.0 Å². The molecule has 1 aromatic rings. The molecule has 0 saturated heterocycles. The van der Waals surface area contributed by atoms with Gasteiger partial charge in [0.1, 0.15) is 12.6 Å². The quantitative estimate of drug-likeness (QED) is 0.666. The van der Waals surface area contributed by atoms with E-state index in [0.717, 1.165) is 12.7 Å². The molecule has 0 amide bonds. The number of carbonyl (C=O) groups is 3. The Bertz CT molecular complexity index is 487. The molecule has 0 aliphatic carbocycles. The maximum Gasteiger partial charge on any atom is 0.321 e. The van der Waals surface area contributed by atoms with Crippen molar-refractivity contribution in [2.24, 2.45) is 0 Å². The summed E-state index contributed by atoms with van der Waals surface area (Å²) < 4.78 is 9.36. The smallest absolute Gasteiger partial charge is 0.321 e. The molecule has 0 unspecified atom stereocenters. The second-order valence-corrected chi connectivity index (χ2v) is 4.20. The Hall–Kier alpha value is -2.41. The monoisotopic (exact) mass is 295 g/mol. The number of carbonyl (C=O) groups excluding carboxylic acids is 2. The Morgan fingerprint density at radius 1 is 1.19 bits per heavy atom. The number of carboxylic acid groups (broad SMARTS) is 1. The van der Waals surface area contributed by atoms with Crippen LogP contribution in [0, 0.1) is 0 Å². The summed E-state index contributed by atoms with van der Waals surface area (Å²) in [5.41, 5.74) is 0.829. The predicted molar refractivity (Wildman–Crippen MR) is 72.3 cm³/mol. The molecule has 0 heterocycles. The van der Waals surface area contributed by atoms with Crippen LogP contribution < -0.4 is 5.32 Å². The maximum absolute atomic E-state index is 11.5. The zero-order valence-corrected chi connectivity index (χ0v) is 11.6. The number of hydrogen-bond donors (Lipinski definition) is 2. The van der Waals surface area contributed by atoms with E-state index in [9.17, 15) is 14.4 Å². The molecule has 114 valence electrons. The van der Waals surface area contributed by atoms with Gasteiger partial charge in [-0.3, -0.25) is 19.7 Å². The van der Waals surface area contributed by atoms with Crippen molar-refractivity contribution in [3.63, 3.8) is 0 Å². The van der Waals surface area contributed by atoms with Crippen LogP contribution in [0.4, 0.5) is 0 Å². The summed E-state index contributed by atoms with van der Waals surface area (Å²) in [7, 11) is 1.16. The number of hydrogen-bond acceptors (Lipinski definition) is 6. The molecule has 0 saturated carbocycles. The fourth-order valence-corrected chi connectivity index (χ4v) is 1.49. The van der Waals surface area contributed by atoms with E-state index < -0.39 is 23.9 Å². The van der Waals surface area contributed by atoms with Crippen LogP contribution >= 0.6 is 0 Å². The maximum atomic E-state index is 11.5. The number of ether oxygens (including phenoxy) is 2. The Morgan fingerprint density at radius 2 is 1.86 bits per heavy atom. The molecule has 7 nitrogen and oxygen atoms in total. The van der Waals surface area contributed by atoms with Gasteiger partial charge < -0.3 is 14.6 Å². The predicted octanol–water partition coefficient (Wildman–Crippen LogP) is 0.336. The largest absolute Gasteiger partial charge is 0.480 e. The van der Waals surface area contributed by atoms with Crippen LogP contribution in [-0.4, -0.2) is 42.7 Å². The zero-order valence-electron chi connectivity index (χ0n) is 11.6. The third kappa shape index (κ3) is 6.53. The molecule has 0 radical (unpaired) electrons. The molecule has 21 heavy (non-hydrogen) atoms. The highest BCUT2D eigenvalue weighted by Gasteiger charge is 2.22. The fraction of sp³-hybridized carbons (Fsp3) is 0.357. The summed E-state index contributed by atoms with van der Waals surface area (Å²) in [5, 5.41) is 11.4. The lowest BCUT2D eigenvalue weighted by atomic mass is 10.2. The van der Waals surface area contributed by atoms with Crippen molar-refractivity contribution in [1.82, 2.24) is 5.32 Å². The molecule has 1 rings (SSSR count). The number of benzene rings is 1. The Morgan fingerprint density at radius 3 is 2.43 bits per heavy atom. The second kappa shape index (κ2) is 8.70.